The molecule has 1 aromatic heterocycles. The second kappa shape index (κ2) is 5.36. The monoisotopic (exact) mass is 279 g/mol. The Labute approximate surface area is 123 Å². The first-order valence-corrected chi connectivity index (χ1v) is 6.77. The van der Waals surface area contributed by atoms with Crippen molar-refractivity contribution in [3.63, 3.8) is 0 Å². The number of nitrogens with one attached hydrogen (secondary N) is 1. The molecule has 1 N–H and O–H groups in total. The van der Waals surface area contributed by atoms with Crippen molar-refractivity contribution >= 4 is 28.1 Å². The summed E-state index contributed by atoms with van der Waals surface area (Å²) in [6, 6.07) is 13.8. The van der Waals surface area contributed by atoms with Crippen LogP contribution >= 0.6 is 0 Å². The van der Waals surface area contributed by atoms with Crippen LogP contribution in [0, 0.1) is 6.92 Å². The molecule has 1 heterocycles. The van der Waals surface area contributed by atoms with E-state index in [-0.39, 0.29) is 0 Å². The summed E-state index contributed by atoms with van der Waals surface area (Å²) < 4.78 is 0. The summed E-state index contributed by atoms with van der Waals surface area (Å²) in [7, 11) is 4.02. The van der Waals surface area contributed by atoms with Gasteiger partial charge in [0.15, 0.2) is 0 Å². The van der Waals surface area contributed by atoms with Gasteiger partial charge in [-0.1, -0.05) is 0 Å². The molecular weight excluding hydrogens is 262 g/mol. The Kier molecular flexibility index (Phi) is 3.39. The number of aromatic amines is 1. The van der Waals surface area contributed by atoms with E-state index >= 15 is 0 Å². The van der Waals surface area contributed by atoms with E-state index < -0.39 is 0 Å². The van der Waals surface area contributed by atoms with Gasteiger partial charge in [-0.15, -0.1) is 0 Å². The Balaban J connectivity index is 1.83. The van der Waals surface area contributed by atoms with Crippen molar-refractivity contribution < 1.29 is 0 Å². The van der Waals surface area contributed by atoms with Gasteiger partial charge in [0.25, 0.3) is 0 Å². The van der Waals surface area contributed by atoms with Gasteiger partial charge in [0.05, 0.1) is 22.4 Å². The third-order valence-electron chi connectivity index (χ3n) is 3.23. The summed E-state index contributed by atoms with van der Waals surface area (Å²) in [5, 5.41) is 8.54. The second-order valence-electron chi connectivity index (χ2n) is 5.13. The van der Waals surface area contributed by atoms with Crippen molar-refractivity contribution in [2.75, 3.05) is 19.0 Å². The average Bonchev–Trinajstić information content (AvgIpc) is 2.84. The maximum atomic E-state index is 4.37. The molecule has 2 aromatic carbocycles. The molecule has 3 aromatic rings. The van der Waals surface area contributed by atoms with E-state index in [1.807, 2.05) is 63.5 Å². The molecule has 0 spiro atoms. The first-order chi connectivity index (χ1) is 10.1. The number of rotatable bonds is 3. The molecule has 106 valence electrons. The summed E-state index contributed by atoms with van der Waals surface area (Å²) in [6.07, 6.45) is 0. The lowest BCUT2D eigenvalue weighted by atomic mass is 10.3. The summed E-state index contributed by atoms with van der Waals surface area (Å²) in [5.74, 6) is 0.901. The minimum Gasteiger partial charge on any atom is -0.378 e. The standard InChI is InChI=1S/C16H17N5/c1-11-17-15-9-6-13(10-16(15)18-11)20-19-12-4-7-14(8-5-12)21(2)3/h4-10H,1-3H3,(H,17,18). The number of anilines is 1. The van der Waals surface area contributed by atoms with Crippen LogP contribution in [0.4, 0.5) is 17.1 Å². The number of benzene rings is 2. The third-order valence-corrected chi connectivity index (χ3v) is 3.23. The molecule has 0 saturated heterocycles. The van der Waals surface area contributed by atoms with E-state index in [1.54, 1.807) is 0 Å². The smallest absolute Gasteiger partial charge is 0.104 e. The highest BCUT2D eigenvalue weighted by molar-refractivity contribution is 5.78. The van der Waals surface area contributed by atoms with E-state index in [0.717, 1.165) is 33.9 Å². The van der Waals surface area contributed by atoms with Crippen LogP contribution in [0.2, 0.25) is 0 Å². The fourth-order valence-electron chi connectivity index (χ4n) is 2.12. The first-order valence-electron chi connectivity index (χ1n) is 6.77. The minimum atomic E-state index is 0.808. The molecule has 0 aliphatic heterocycles. The summed E-state index contributed by atoms with van der Waals surface area (Å²) in [4.78, 5) is 9.62. The van der Waals surface area contributed by atoms with Crippen LogP contribution in [0.25, 0.3) is 11.0 Å². The molecule has 21 heavy (non-hydrogen) atoms. The molecular formula is C16H17N5. The van der Waals surface area contributed by atoms with Gasteiger partial charge in [-0.25, -0.2) is 4.98 Å². The van der Waals surface area contributed by atoms with Crippen LogP contribution < -0.4 is 4.90 Å². The largest absolute Gasteiger partial charge is 0.378 e. The van der Waals surface area contributed by atoms with Gasteiger partial charge >= 0.3 is 0 Å². The molecule has 0 aliphatic carbocycles. The second-order valence-corrected chi connectivity index (χ2v) is 5.13. The van der Waals surface area contributed by atoms with E-state index in [2.05, 4.69) is 25.1 Å². The number of nitrogens with zero attached hydrogens (tertiary/aromatic N) is 4. The van der Waals surface area contributed by atoms with Crippen molar-refractivity contribution in [1.29, 1.82) is 0 Å². The van der Waals surface area contributed by atoms with Gasteiger partial charge < -0.3 is 9.88 Å². The molecule has 5 nitrogen and oxygen atoms in total. The summed E-state index contributed by atoms with van der Waals surface area (Å²) in [6.45, 7) is 1.94. The fraction of sp³-hybridized carbons (Fsp3) is 0.188. The molecule has 0 unspecified atom stereocenters. The molecule has 0 bridgehead atoms. The van der Waals surface area contributed by atoms with Gasteiger partial charge in [-0.2, -0.15) is 10.2 Å². The molecule has 0 radical (unpaired) electrons. The highest BCUT2D eigenvalue weighted by Crippen LogP contribution is 2.23. The van der Waals surface area contributed by atoms with Gasteiger partial charge in [-0.05, 0) is 49.4 Å². The molecule has 0 amide bonds. The number of fused-ring (bicyclic) bond motifs is 1. The fourth-order valence-corrected chi connectivity index (χ4v) is 2.12. The summed E-state index contributed by atoms with van der Waals surface area (Å²) in [5.41, 5.74) is 4.71. The number of aromatic nitrogens is 2. The van der Waals surface area contributed by atoms with Crippen LogP contribution in [-0.4, -0.2) is 24.1 Å². The van der Waals surface area contributed by atoms with Gasteiger partial charge in [-0.3, -0.25) is 0 Å². The Morgan fingerprint density at radius 1 is 0.952 bits per heavy atom. The van der Waals surface area contributed by atoms with Crippen molar-refractivity contribution in [3.05, 3.63) is 48.3 Å². The molecule has 0 saturated carbocycles. The first kappa shape index (κ1) is 13.3. The Hall–Kier alpha value is -2.69. The summed E-state index contributed by atoms with van der Waals surface area (Å²) >= 11 is 0. The lowest BCUT2D eigenvalue weighted by molar-refractivity contribution is 1.13. The topological polar surface area (TPSA) is 56.6 Å². The van der Waals surface area contributed by atoms with Crippen molar-refractivity contribution in [2.45, 2.75) is 6.92 Å². The molecule has 0 fully saturated rings. The lowest BCUT2D eigenvalue weighted by Crippen LogP contribution is -2.07. The van der Waals surface area contributed by atoms with Crippen molar-refractivity contribution in [1.82, 2.24) is 9.97 Å². The number of azo groups is 1. The van der Waals surface area contributed by atoms with Gasteiger partial charge in [0.1, 0.15) is 5.82 Å². The van der Waals surface area contributed by atoms with E-state index in [9.17, 15) is 0 Å². The zero-order valence-electron chi connectivity index (χ0n) is 12.3. The number of aryl methyl sites for hydroxylation is 1. The molecule has 5 heteroatoms. The number of imidazole rings is 1. The minimum absolute atomic E-state index is 0.808. The zero-order valence-corrected chi connectivity index (χ0v) is 12.3. The highest BCUT2D eigenvalue weighted by atomic mass is 15.1. The van der Waals surface area contributed by atoms with Gasteiger partial charge in [0, 0.05) is 19.8 Å². The number of hydrogen-bond acceptors (Lipinski definition) is 4. The van der Waals surface area contributed by atoms with Crippen LogP contribution in [0.5, 0.6) is 0 Å². The van der Waals surface area contributed by atoms with Crippen LogP contribution in [0.1, 0.15) is 5.82 Å². The maximum absolute atomic E-state index is 4.37. The van der Waals surface area contributed by atoms with Crippen LogP contribution in [0.3, 0.4) is 0 Å². The van der Waals surface area contributed by atoms with E-state index in [0.29, 0.717) is 0 Å². The Morgan fingerprint density at radius 3 is 2.33 bits per heavy atom. The average molecular weight is 279 g/mol. The van der Waals surface area contributed by atoms with Gasteiger partial charge in [0.2, 0.25) is 0 Å². The van der Waals surface area contributed by atoms with Crippen molar-refractivity contribution in [3.8, 4) is 0 Å². The third kappa shape index (κ3) is 2.91. The maximum Gasteiger partial charge on any atom is 0.104 e. The van der Waals surface area contributed by atoms with Crippen molar-refractivity contribution in [2.24, 2.45) is 10.2 Å². The molecule has 0 atom stereocenters. The quantitative estimate of drug-likeness (QED) is 0.724. The molecule has 3 rings (SSSR count). The van der Waals surface area contributed by atoms with E-state index in [4.69, 9.17) is 0 Å². The number of H-pyrrole nitrogens is 1. The zero-order chi connectivity index (χ0) is 14.8. The lowest BCUT2D eigenvalue weighted by Gasteiger charge is -2.11. The highest BCUT2D eigenvalue weighted by Gasteiger charge is 2.00. The SMILES string of the molecule is Cc1nc2ccc(N=Nc3ccc(N(C)C)cc3)cc2[nH]1. The Morgan fingerprint density at radius 2 is 1.62 bits per heavy atom. The normalized spacial score (nSPS) is 11.4. The molecule has 0 aliphatic rings. The van der Waals surface area contributed by atoms with Crippen LogP contribution in [0.15, 0.2) is 52.7 Å². The predicted molar refractivity (Wildman–Crippen MR) is 85.8 cm³/mol. The van der Waals surface area contributed by atoms with Crippen LogP contribution in [-0.2, 0) is 0 Å². The number of hydrogen-bond donors (Lipinski definition) is 1. The Bertz CT molecular complexity index is 784. The predicted octanol–water partition coefficient (Wildman–Crippen LogP) is 4.35. The van der Waals surface area contributed by atoms with E-state index in [1.165, 1.54) is 0 Å².